The molecule has 0 radical (unpaired) electrons. The van der Waals surface area contributed by atoms with Crippen LogP contribution in [0.4, 0.5) is 47.8 Å². The maximum atomic E-state index is 14.9. The van der Waals surface area contributed by atoms with Gasteiger partial charge in [0.05, 0.1) is 13.2 Å². The highest BCUT2D eigenvalue weighted by Crippen LogP contribution is 2.48. The van der Waals surface area contributed by atoms with E-state index in [-0.39, 0.29) is 41.0 Å². The first-order valence-electron chi connectivity index (χ1n) is 19.1. The summed E-state index contributed by atoms with van der Waals surface area (Å²) in [5.41, 5.74) is 4.03. The van der Waals surface area contributed by atoms with Gasteiger partial charge in [0.2, 0.25) is 5.28 Å². The Morgan fingerprint density at radius 1 is 0.712 bits per heavy atom. The highest BCUT2D eigenvalue weighted by molar-refractivity contribution is 6.28. The smallest absolute Gasteiger partial charge is 0.226 e. The fourth-order valence-electron chi connectivity index (χ4n) is 7.50. The third-order valence-electron chi connectivity index (χ3n) is 10.1. The number of rotatable bonds is 11. The van der Waals surface area contributed by atoms with Gasteiger partial charge in [-0.3, -0.25) is 0 Å². The van der Waals surface area contributed by atoms with Crippen LogP contribution in [0.2, 0.25) is 5.28 Å². The van der Waals surface area contributed by atoms with Crippen molar-refractivity contribution in [3.8, 4) is 5.69 Å². The van der Waals surface area contributed by atoms with Crippen LogP contribution in [0.1, 0.15) is 56.0 Å². The molecule has 5 heterocycles. The molecule has 3 aromatic carbocycles. The molecule has 4 N–H and O–H groups in total. The van der Waals surface area contributed by atoms with Gasteiger partial charge in [-0.05, 0) is 84.8 Å². The van der Waals surface area contributed by atoms with E-state index in [1.165, 1.54) is 41.3 Å². The van der Waals surface area contributed by atoms with Gasteiger partial charge in [0.15, 0.2) is 0 Å². The molecule has 0 spiro atoms. The van der Waals surface area contributed by atoms with Crippen LogP contribution in [-0.2, 0) is 17.3 Å². The Hall–Kier alpha value is -5.84. The molecule has 6 aromatic rings. The number of nitrogens with zero attached hydrogens (tertiary/aromatic N) is 9. The normalized spacial score (nSPS) is 14.8. The third-order valence-corrected chi connectivity index (χ3v) is 10.3. The van der Waals surface area contributed by atoms with Crippen LogP contribution >= 0.6 is 11.6 Å². The number of fused-ring (bicyclic) bond motifs is 2. The second kappa shape index (κ2) is 16.8. The minimum Gasteiger partial charge on any atom is -0.395 e. The number of hydrogen-bond donors (Lipinski definition) is 4. The fourth-order valence-corrected chi connectivity index (χ4v) is 7.66. The molecule has 59 heavy (non-hydrogen) atoms. The molecule has 2 aliphatic rings. The lowest BCUT2D eigenvalue weighted by Crippen LogP contribution is -2.25. The standard InChI is InChI=1S/C26H27F2N7O.C16H18ClFN4O/c1-16-30-15-35(33-16)21-9-4-17(12-20(21)28)13-22-31-24(29-10-11-36)23-25(32-22)34(14-26(23,2)3)19-7-5-18(27)6-8-19;1-16(2)9-22(11-5-3-10(18)4-6-11)14-12(16)13(19-7-8-23)20-15(17)21-14/h4-9,12,15,36H,10-11,13-14H2,1-3H3,(H,29,31,32);3-6,23H,7-9H2,1-2H3,(H,19,20,21). The average Bonchev–Trinajstić information content (AvgIpc) is 3.83. The zero-order chi connectivity index (χ0) is 42.1. The van der Waals surface area contributed by atoms with Gasteiger partial charge in [0.25, 0.3) is 0 Å². The molecular formula is C42H45ClF3N11O2. The molecule has 0 unspecified atom stereocenters. The summed E-state index contributed by atoms with van der Waals surface area (Å²) in [6.07, 6.45) is 1.77. The SMILES string of the molecule is CC1(C)CN(c2ccc(F)cc2)c2nc(Cl)nc(NCCO)c21.Cc1ncn(-c2ccc(Cc3nc(NCCO)c4c(n3)N(c3ccc(F)cc3)CC4(C)C)cc2F)n1. The number of anilines is 6. The summed E-state index contributed by atoms with van der Waals surface area (Å²) in [4.78, 5) is 26.4. The lowest BCUT2D eigenvalue weighted by atomic mass is 9.88. The molecule has 0 bridgehead atoms. The third kappa shape index (κ3) is 8.79. The number of benzene rings is 3. The largest absolute Gasteiger partial charge is 0.395 e. The number of nitrogens with one attached hydrogen (secondary N) is 2. The molecule has 0 fully saturated rings. The monoisotopic (exact) mass is 827 g/mol. The quantitative estimate of drug-likeness (QED) is 0.0980. The minimum absolute atomic E-state index is 0.00149. The molecule has 8 rings (SSSR count). The highest BCUT2D eigenvalue weighted by atomic mass is 35.5. The number of aromatic nitrogens is 7. The Kier molecular flexibility index (Phi) is 11.8. The summed E-state index contributed by atoms with van der Waals surface area (Å²) in [5.74, 6) is 2.73. The first-order valence-corrected chi connectivity index (χ1v) is 19.5. The van der Waals surface area contributed by atoms with Crippen molar-refractivity contribution in [2.45, 2.75) is 51.9 Å². The number of hydrogen-bond acceptors (Lipinski definition) is 12. The van der Waals surface area contributed by atoms with Crippen molar-refractivity contribution in [1.29, 1.82) is 0 Å². The maximum Gasteiger partial charge on any atom is 0.226 e. The minimum atomic E-state index is -0.425. The first kappa shape index (κ1) is 41.3. The summed E-state index contributed by atoms with van der Waals surface area (Å²) in [7, 11) is 0. The van der Waals surface area contributed by atoms with Crippen molar-refractivity contribution < 1.29 is 23.4 Å². The van der Waals surface area contributed by atoms with E-state index in [0.717, 1.165) is 22.5 Å². The van der Waals surface area contributed by atoms with Crippen molar-refractivity contribution in [2.24, 2.45) is 0 Å². The van der Waals surface area contributed by atoms with E-state index >= 15 is 0 Å². The number of aliphatic hydroxyl groups is 2. The van der Waals surface area contributed by atoms with Crippen molar-refractivity contribution in [2.75, 3.05) is 59.8 Å². The first-order chi connectivity index (χ1) is 28.2. The summed E-state index contributed by atoms with van der Waals surface area (Å²) >= 11 is 6.07. The lowest BCUT2D eigenvalue weighted by Gasteiger charge is -2.22. The maximum absolute atomic E-state index is 14.9. The van der Waals surface area contributed by atoms with E-state index in [4.69, 9.17) is 26.7 Å². The highest BCUT2D eigenvalue weighted by Gasteiger charge is 2.42. The molecule has 13 nitrogen and oxygen atoms in total. The Labute approximate surface area is 345 Å². The van der Waals surface area contributed by atoms with E-state index in [0.29, 0.717) is 78.8 Å². The summed E-state index contributed by atoms with van der Waals surface area (Å²) in [6, 6.07) is 17.5. The van der Waals surface area contributed by atoms with E-state index in [9.17, 15) is 18.3 Å². The Morgan fingerprint density at radius 2 is 1.24 bits per heavy atom. The van der Waals surface area contributed by atoms with Crippen molar-refractivity contribution in [1.82, 2.24) is 34.7 Å². The van der Waals surface area contributed by atoms with Crippen LogP contribution in [0.15, 0.2) is 73.1 Å². The number of aliphatic hydroxyl groups excluding tert-OH is 2. The topological polar surface area (TPSA) is 153 Å². The van der Waals surface area contributed by atoms with Gasteiger partial charge in [-0.2, -0.15) is 10.1 Å². The summed E-state index contributed by atoms with van der Waals surface area (Å²) in [6.45, 7) is 12.1. The van der Waals surface area contributed by atoms with Crippen LogP contribution in [0.5, 0.6) is 0 Å². The van der Waals surface area contributed by atoms with E-state index in [1.54, 1.807) is 37.3 Å². The molecule has 17 heteroatoms. The second-order valence-electron chi connectivity index (χ2n) is 15.6. The van der Waals surface area contributed by atoms with Crippen LogP contribution in [0.25, 0.3) is 5.69 Å². The van der Waals surface area contributed by atoms with E-state index in [1.807, 2.05) is 15.9 Å². The molecule has 0 amide bonds. The van der Waals surface area contributed by atoms with E-state index < -0.39 is 5.82 Å². The van der Waals surface area contributed by atoms with Crippen molar-refractivity contribution in [3.63, 3.8) is 0 Å². The Balaban J connectivity index is 0.000000198. The average molecular weight is 828 g/mol. The summed E-state index contributed by atoms with van der Waals surface area (Å²) < 4.78 is 43.1. The molecule has 0 saturated carbocycles. The molecule has 0 aliphatic carbocycles. The van der Waals surface area contributed by atoms with Crippen LogP contribution in [0, 0.1) is 24.4 Å². The molecule has 2 aliphatic heterocycles. The van der Waals surface area contributed by atoms with Gasteiger partial charge in [0, 0.05) is 65.9 Å². The van der Waals surface area contributed by atoms with Gasteiger partial charge in [0.1, 0.15) is 64.4 Å². The zero-order valence-corrected chi connectivity index (χ0v) is 34.1. The van der Waals surface area contributed by atoms with Crippen LogP contribution in [-0.4, -0.2) is 84.3 Å². The predicted octanol–water partition coefficient (Wildman–Crippen LogP) is 7.17. The lowest BCUT2D eigenvalue weighted by molar-refractivity contribution is 0.310. The Bertz CT molecular complexity index is 2450. The molecule has 308 valence electrons. The second-order valence-corrected chi connectivity index (χ2v) is 16.0. The molecule has 3 aromatic heterocycles. The van der Waals surface area contributed by atoms with Gasteiger partial charge in [-0.15, -0.1) is 0 Å². The van der Waals surface area contributed by atoms with Crippen LogP contribution in [0.3, 0.4) is 0 Å². The molecule has 0 atom stereocenters. The fraction of sp³-hybridized carbons (Fsp3) is 0.333. The van der Waals surface area contributed by atoms with Gasteiger partial charge < -0.3 is 30.6 Å². The molecular weight excluding hydrogens is 783 g/mol. The van der Waals surface area contributed by atoms with Crippen LogP contribution < -0.4 is 20.4 Å². The van der Waals surface area contributed by atoms with Crippen molar-refractivity contribution in [3.05, 3.63) is 124 Å². The predicted molar refractivity (Wildman–Crippen MR) is 222 cm³/mol. The van der Waals surface area contributed by atoms with Gasteiger partial charge in [-0.1, -0.05) is 33.8 Å². The zero-order valence-electron chi connectivity index (χ0n) is 33.3. The summed E-state index contributed by atoms with van der Waals surface area (Å²) in [5, 5.41) is 29.1. The number of aryl methyl sites for hydroxylation is 1. The van der Waals surface area contributed by atoms with Gasteiger partial charge in [-0.25, -0.2) is 37.8 Å². The van der Waals surface area contributed by atoms with E-state index in [2.05, 4.69) is 58.4 Å². The molecule has 0 saturated heterocycles. The van der Waals surface area contributed by atoms with Gasteiger partial charge >= 0.3 is 0 Å². The van der Waals surface area contributed by atoms with Crippen molar-refractivity contribution >= 4 is 46.2 Å². The Morgan fingerprint density at radius 3 is 1.73 bits per heavy atom. The number of halogens is 4.